The van der Waals surface area contributed by atoms with Crippen LogP contribution in [0.1, 0.15) is 6.92 Å². The summed E-state index contributed by atoms with van der Waals surface area (Å²) in [7, 11) is 5.12. The van der Waals surface area contributed by atoms with Gasteiger partial charge in [0.25, 0.3) is 0 Å². The highest BCUT2D eigenvalue weighted by Gasteiger charge is 2.20. The molecule has 0 aliphatic heterocycles. The minimum Gasteiger partial charge on any atom is -0.491 e. The van der Waals surface area contributed by atoms with Crippen LogP contribution in [-0.4, -0.2) is 45.7 Å². The lowest BCUT2D eigenvalue weighted by molar-refractivity contribution is -0.145. The van der Waals surface area contributed by atoms with Gasteiger partial charge in [-0.05, 0) is 12.1 Å². The van der Waals surface area contributed by atoms with Crippen LogP contribution in [0.5, 0.6) is 5.75 Å². The van der Waals surface area contributed by atoms with Crippen molar-refractivity contribution in [2.45, 2.75) is 13.0 Å². The van der Waals surface area contributed by atoms with Gasteiger partial charge in [0.2, 0.25) is 5.91 Å². The number of ether oxygens (including phenoxy) is 2. The van der Waals surface area contributed by atoms with Gasteiger partial charge in [-0.25, -0.2) is 4.79 Å². The predicted molar refractivity (Wildman–Crippen MR) is 75.9 cm³/mol. The Morgan fingerprint density at radius 1 is 1.35 bits per heavy atom. The van der Waals surface area contributed by atoms with Crippen molar-refractivity contribution in [3.63, 3.8) is 0 Å². The van der Waals surface area contributed by atoms with Crippen LogP contribution in [0.2, 0.25) is 0 Å². The van der Waals surface area contributed by atoms with Crippen molar-refractivity contribution < 1.29 is 19.1 Å². The molecule has 0 aromatic heterocycles. The van der Waals surface area contributed by atoms with Crippen LogP contribution < -0.4 is 15.0 Å². The molecule has 0 aliphatic carbocycles. The van der Waals surface area contributed by atoms with E-state index in [9.17, 15) is 9.59 Å². The topological polar surface area (TPSA) is 67.9 Å². The van der Waals surface area contributed by atoms with Gasteiger partial charge in [-0.15, -0.1) is 0 Å². The molecule has 0 radical (unpaired) electrons. The second-order valence-corrected chi connectivity index (χ2v) is 4.48. The number of hydrogen-bond donors (Lipinski definition) is 1. The van der Waals surface area contributed by atoms with E-state index in [-0.39, 0.29) is 12.5 Å². The standard InChI is InChI=1S/C14H20N2O4/c1-10(17)15-13(14(18)19-4)9-20-12-7-5-6-11(8-12)16(2)3/h5-8,13H,9H2,1-4H3,(H,15,17). The van der Waals surface area contributed by atoms with Crippen molar-refractivity contribution in [2.75, 3.05) is 32.7 Å². The molecule has 0 spiro atoms. The van der Waals surface area contributed by atoms with E-state index in [0.29, 0.717) is 5.75 Å². The van der Waals surface area contributed by atoms with Crippen molar-refractivity contribution >= 4 is 17.6 Å². The number of anilines is 1. The van der Waals surface area contributed by atoms with Gasteiger partial charge < -0.3 is 19.7 Å². The lowest BCUT2D eigenvalue weighted by Gasteiger charge is -2.17. The lowest BCUT2D eigenvalue weighted by Crippen LogP contribution is -2.44. The molecular formula is C14H20N2O4. The van der Waals surface area contributed by atoms with Crippen LogP contribution in [0.15, 0.2) is 24.3 Å². The maximum atomic E-state index is 11.5. The van der Waals surface area contributed by atoms with E-state index in [0.717, 1.165) is 5.69 Å². The van der Waals surface area contributed by atoms with Gasteiger partial charge in [0.1, 0.15) is 12.4 Å². The fourth-order valence-corrected chi connectivity index (χ4v) is 1.59. The van der Waals surface area contributed by atoms with Gasteiger partial charge in [0, 0.05) is 32.8 Å². The molecule has 1 aromatic carbocycles. The average molecular weight is 280 g/mol. The number of hydrogen-bond acceptors (Lipinski definition) is 5. The summed E-state index contributed by atoms with van der Waals surface area (Å²) in [6.45, 7) is 1.35. The number of rotatable bonds is 6. The average Bonchev–Trinajstić information content (AvgIpc) is 2.42. The molecule has 1 atom stereocenters. The van der Waals surface area contributed by atoms with E-state index in [2.05, 4.69) is 10.1 Å². The Kier molecular flexibility index (Phi) is 5.83. The van der Waals surface area contributed by atoms with Crippen LogP contribution in [0, 0.1) is 0 Å². The first-order chi connectivity index (χ1) is 9.43. The second-order valence-electron chi connectivity index (χ2n) is 4.48. The van der Waals surface area contributed by atoms with Crippen LogP contribution in [0.25, 0.3) is 0 Å². The second kappa shape index (κ2) is 7.37. The molecule has 1 rings (SSSR count). The smallest absolute Gasteiger partial charge is 0.331 e. The monoisotopic (exact) mass is 280 g/mol. The number of nitrogens with one attached hydrogen (secondary N) is 1. The van der Waals surface area contributed by atoms with Gasteiger partial charge in [-0.1, -0.05) is 6.07 Å². The zero-order valence-electron chi connectivity index (χ0n) is 12.2. The highest BCUT2D eigenvalue weighted by atomic mass is 16.5. The molecule has 0 bridgehead atoms. The SMILES string of the molecule is COC(=O)C(COc1cccc(N(C)C)c1)NC(C)=O. The van der Waals surface area contributed by atoms with Gasteiger partial charge in [-0.2, -0.15) is 0 Å². The summed E-state index contributed by atoms with van der Waals surface area (Å²) in [6.07, 6.45) is 0. The molecular weight excluding hydrogens is 260 g/mol. The molecule has 1 unspecified atom stereocenters. The number of carbonyl (C=O) groups is 2. The summed E-state index contributed by atoms with van der Waals surface area (Å²) < 4.78 is 10.2. The molecule has 0 aliphatic rings. The quantitative estimate of drug-likeness (QED) is 0.781. The number of carbonyl (C=O) groups excluding carboxylic acids is 2. The number of methoxy groups -OCH3 is 1. The van der Waals surface area contributed by atoms with E-state index < -0.39 is 12.0 Å². The Balaban J connectivity index is 2.69. The summed E-state index contributed by atoms with van der Waals surface area (Å²) in [5.41, 5.74) is 0.983. The van der Waals surface area contributed by atoms with Crippen LogP contribution in [-0.2, 0) is 14.3 Å². The van der Waals surface area contributed by atoms with E-state index in [4.69, 9.17) is 4.74 Å². The van der Waals surface area contributed by atoms with Gasteiger partial charge in [0.05, 0.1) is 7.11 Å². The zero-order chi connectivity index (χ0) is 15.1. The number of esters is 1. The summed E-state index contributed by atoms with van der Waals surface area (Å²) in [5, 5.41) is 2.49. The largest absolute Gasteiger partial charge is 0.491 e. The van der Waals surface area contributed by atoms with Crippen molar-refractivity contribution in [1.29, 1.82) is 0 Å². The molecule has 1 amide bonds. The summed E-state index contributed by atoms with van der Waals surface area (Å²) in [4.78, 5) is 24.5. The molecule has 1 N–H and O–H groups in total. The van der Waals surface area contributed by atoms with Crippen LogP contribution >= 0.6 is 0 Å². The number of nitrogens with zero attached hydrogens (tertiary/aromatic N) is 1. The molecule has 1 aromatic rings. The maximum Gasteiger partial charge on any atom is 0.331 e. The Morgan fingerprint density at radius 3 is 2.60 bits per heavy atom. The molecule has 0 saturated carbocycles. The highest BCUT2D eigenvalue weighted by molar-refractivity contribution is 5.83. The van der Waals surface area contributed by atoms with E-state index in [1.165, 1.54) is 14.0 Å². The third-order valence-electron chi connectivity index (χ3n) is 2.61. The van der Waals surface area contributed by atoms with Crippen molar-refractivity contribution in [3.8, 4) is 5.75 Å². The molecule has 0 heterocycles. The van der Waals surface area contributed by atoms with Crippen LogP contribution in [0.3, 0.4) is 0 Å². The molecule has 6 heteroatoms. The Bertz CT molecular complexity index is 474. The highest BCUT2D eigenvalue weighted by Crippen LogP contribution is 2.19. The Morgan fingerprint density at radius 2 is 2.05 bits per heavy atom. The van der Waals surface area contributed by atoms with Gasteiger partial charge >= 0.3 is 5.97 Å². The van der Waals surface area contributed by atoms with Crippen molar-refractivity contribution in [2.24, 2.45) is 0 Å². The van der Waals surface area contributed by atoms with Crippen LogP contribution in [0.4, 0.5) is 5.69 Å². The van der Waals surface area contributed by atoms with E-state index in [1.54, 1.807) is 6.07 Å². The molecule has 20 heavy (non-hydrogen) atoms. The molecule has 0 saturated heterocycles. The zero-order valence-corrected chi connectivity index (χ0v) is 12.2. The summed E-state index contributed by atoms with van der Waals surface area (Å²) in [6, 6.07) is 6.62. The van der Waals surface area contributed by atoms with Crippen molar-refractivity contribution in [1.82, 2.24) is 5.32 Å². The molecule has 110 valence electrons. The third-order valence-corrected chi connectivity index (χ3v) is 2.61. The summed E-state index contributed by atoms with van der Waals surface area (Å²) in [5.74, 6) is -0.231. The predicted octanol–water partition coefficient (Wildman–Crippen LogP) is 0.809. The Labute approximate surface area is 118 Å². The number of benzene rings is 1. The summed E-state index contributed by atoms with van der Waals surface area (Å²) >= 11 is 0. The first kappa shape index (κ1) is 15.8. The minimum atomic E-state index is -0.819. The van der Waals surface area contributed by atoms with E-state index in [1.807, 2.05) is 37.2 Å². The third kappa shape index (κ3) is 4.79. The first-order valence-corrected chi connectivity index (χ1v) is 6.19. The van der Waals surface area contributed by atoms with E-state index >= 15 is 0 Å². The first-order valence-electron chi connectivity index (χ1n) is 6.19. The lowest BCUT2D eigenvalue weighted by atomic mass is 10.2. The van der Waals surface area contributed by atoms with Gasteiger partial charge in [-0.3, -0.25) is 4.79 Å². The Hall–Kier alpha value is -2.24. The fraction of sp³-hybridized carbons (Fsp3) is 0.429. The fourth-order valence-electron chi connectivity index (χ4n) is 1.59. The number of amides is 1. The van der Waals surface area contributed by atoms with Gasteiger partial charge in [0.15, 0.2) is 6.04 Å². The van der Waals surface area contributed by atoms with Crippen molar-refractivity contribution in [3.05, 3.63) is 24.3 Å². The molecule has 6 nitrogen and oxygen atoms in total. The maximum absolute atomic E-state index is 11.5. The normalized spacial score (nSPS) is 11.4. The molecule has 0 fully saturated rings. The minimum absolute atomic E-state index is 0.0170.